The van der Waals surface area contributed by atoms with Crippen LogP contribution in [0.15, 0.2) is 38.5 Å². The number of fused-ring (bicyclic) bond motifs is 1. The number of nitrogens with zero attached hydrogens (tertiary/aromatic N) is 1. The minimum Gasteiger partial charge on any atom is -0.306 e. The Hall–Kier alpha value is -0.930. The summed E-state index contributed by atoms with van der Waals surface area (Å²) in [4.78, 5) is 2.75. The maximum atomic E-state index is 3.70. The van der Waals surface area contributed by atoms with Crippen molar-refractivity contribution < 1.29 is 0 Å². The van der Waals surface area contributed by atoms with Gasteiger partial charge in [0.25, 0.3) is 0 Å². The molecule has 4 bridgehead atoms. The zero-order valence-corrected chi connectivity index (χ0v) is 11.9. The highest BCUT2D eigenvalue weighted by Crippen LogP contribution is 2.50. The quantitative estimate of drug-likeness (QED) is 0.447. The second-order valence-corrected chi connectivity index (χ2v) is 6.42. The van der Waals surface area contributed by atoms with Gasteiger partial charge < -0.3 is 4.57 Å². The minimum absolute atomic E-state index is 1.24. The van der Waals surface area contributed by atoms with Gasteiger partial charge in [0.1, 0.15) is 0 Å². The number of hydrogen-bond donors (Lipinski definition) is 0. The average Bonchev–Trinajstić information content (AvgIpc) is 2.69. The maximum absolute atomic E-state index is 3.70. The second-order valence-electron chi connectivity index (χ2n) is 4.54. The Morgan fingerprint density at radius 1 is 1.18 bits per heavy atom. The number of rotatable bonds is 0. The minimum atomic E-state index is 1.24. The van der Waals surface area contributed by atoms with Crippen LogP contribution in [0.2, 0.25) is 0 Å². The number of hydrogen-bond acceptors (Lipinski definition) is 1. The number of para-hydroxylation sites is 1. The van der Waals surface area contributed by atoms with Crippen LogP contribution in [0, 0.1) is 13.8 Å². The highest BCUT2D eigenvalue weighted by atomic mass is 79.9. The van der Waals surface area contributed by atoms with E-state index in [0.29, 0.717) is 0 Å². The van der Waals surface area contributed by atoms with Gasteiger partial charge in [0.2, 0.25) is 0 Å². The molecule has 1 aromatic carbocycles. The third-order valence-electron chi connectivity index (χ3n) is 3.52. The van der Waals surface area contributed by atoms with E-state index in [2.05, 4.69) is 58.6 Å². The van der Waals surface area contributed by atoms with Crippen molar-refractivity contribution in [2.24, 2.45) is 0 Å². The number of aromatic nitrogens is 1. The van der Waals surface area contributed by atoms with Gasteiger partial charge in [0, 0.05) is 14.3 Å². The van der Waals surface area contributed by atoms with Gasteiger partial charge in [-0.1, -0.05) is 23.9 Å². The second kappa shape index (κ2) is 3.09. The Bertz CT molecular complexity index is 757. The van der Waals surface area contributed by atoms with Crippen molar-refractivity contribution in [2.45, 2.75) is 23.6 Å². The molecule has 0 aliphatic carbocycles. The highest BCUT2D eigenvalue weighted by Gasteiger charge is 2.27. The van der Waals surface area contributed by atoms with Gasteiger partial charge in [-0.2, -0.15) is 0 Å². The molecule has 4 rings (SSSR count). The third kappa shape index (κ3) is 1.07. The summed E-state index contributed by atoms with van der Waals surface area (Å²) >= 11 is 5.59. The summed E-state index contributed by atoms with van der Waals surface area (Å²) in [5.74, 6) is 0. The first-order valence-electron chi connectivity index (χ1n) is 5.59. The first-order chi connectivity index (χ1) is 8.18. The molecule has 3 aromatic rings. The summed E-state index contributed by atoms with van der Waals surface area (Å²) < 4.78 is 3.64. The molecule has 0 saturated heterocycles. The predicted molar refractivity (Wildman–Crippen MR) is 75.8 cm³/mol. The molecule has 2 aromatic heterocycles. The summed E-state index contributed by atoms with van der Waals surface area (Å²) in [5, 5.41) is 0. The summed E-state index contributed by atoms with van der Waals surface area (Å²) in [6, 6.07) is 8.82. The third-order valence-corrected chi connectivity index (χ3v) is 5.60. The van der Waals surface area contributed by atoms with E-state index in [4.69, 9.17) is 0 Å². The van der Waals surface area contributed by atoms with Gasteiger partial charge in [-0.05, 0) is 53.0 Å². The van der Waals surface area contributed by atoms with Gasteiger partial charge in [0.15, 0.2) is 0 Å². The Kier molecular flexibility index (Phi) is 1.82. The van der Waals surface area contributed by atoms with Crippen molar-refractivity contribution in [3.8, 4) is 5.69 Å². The Balaban J connectivity index is 2.24. The number of benzene rings is 2. The standard InChI is InChI=1S/C14H10BrNS/c1-7-4-3-5-10-13(7)16-9-6-11(17-10)14(16)8(2)12(9)15/h3-6H,1-2H3. The molecule has 84 valence electrons. The predicted octanol–water partition coefficient (Wildman–Crippen LogP) is 4.91. The topological polar surface area (TPSA) is 4.93 Å². The van der Waals surface area contributed by atoms with E-state index in [9.17, 15) is 0 Å². The highest BCUT2D eigenvalue weighted by molar-refractivity contribution is 9.10. The fraction of sp³-hybridized carbons (Fsp3) is 0.143. The lowest BCUT2D eigenvalue weighted by atomic mass is 10.2. The van der Waals surface area contributed by atoms with Crippen LogP contribution in [0.3, 0.4) is 0 Å². The summed E-state index contributed by atoms with van der Waals surface area (Å²) in [6.45, 7) is 4.38. The Morgan fingerprint density at radius 3 is 2.82 bits per heavy atom. The smallest absolute Gasteiger partial charge is 0.0644 e. The fourth-order valence-electron chi connectivity index (χ4n) is 2.73. The van der Waals surface area contributed by atoms with Crippen LogP contribution in [0.25, 0.3) is 16.7 Å². The van der Waals surface area contributed by atoms with Gasteiger partial charge in [-0.25, -0.2) is 0 Å². The monoisotopic (exact) mass is 303 g/mol. The molecule has 3 heteroatoms. The summed E-state index contributed by atoms with van der Waals surface area (Å²) in [7, 11) is 0. The molecule has 0 saturated carbocycles. The zero-order chi connectivity index (χ0) is 11.7. The van der Waals surface area contributed by atoms with E-state index in [0.717, 1.165) is 0 Å². The molecule has 0 amide bonds. The van der Waals surface area contributed by atoms with Crippen LogP contribution >= 0.6 is 27.7 Å². The van der Waals surface area contributed by atoms with E-state index >= 15 is 0 Å². The van der Waals surface area contributed by atoms with E-state index in [1.54, 1.807) is 0 Å². The van der Waals surface area contributed by atoms with Crippen LogP contribution in [-0.2, 0) is 0 Å². The molecule has 1 aliphatic rings. The molecule has 0 radical (unpaired) electrons. The average molecular weight is 304 g/mol. The SMILES string of the molecule is Cc1cccc2c1-n1c3cc(c1c(C)c3Br)S2. The molecule has 0 N–H and O–H groups in total. The summed E-state index contributed by atoms with van der Waals surface area (Å²) in [5.41, 5.74) is 6.73. The van der Waals surface area contributed by atoms with Gasteiger partial charge in [-0.3, -0.25) is 0 Å². The van der Waals surface area contributed by atoms with Crippen molar-refractivity contribution in [1.82, 2.24) is 4.57 Å². The lowest BCUT2D eigenvalue weighted by Gasteiger charge is -2.17. The summed E-state index contributed by atoms with van der Waals surface area (Å²) in [6.07, 6.45) is 0. The van der Waals surface area contributed by atoms with Gasteiger partial charge in [0.05, 0.1) is 16.7 Å². The van der Waals surface area contributed by atoms with Crippen molar-refractivity contribution in [2.75, 3.05) is 0 Å². The van der Waals surface area contributed by atoms with E-state index in [1.807, 2.05) is 11.8 Å². The largest absolute Gasteiger partial charge is 0.306 e. The lowest BCUT2D eigenvalue weighted by molar-refractivity contribution is 1.08. The molecule has 17 heavy (non-hydrogen) atoms. The van der Waals surface area contributed by atoms with Crippen LogP contribution in [0.1, 0.15) is 11.1 Å². The zero-order valence-electron chi connectivity index (χ0n) is 9.54. The lowest BCUT2D eigenvalue weighted by Crippen LogP contribution is -2.00. The molecule has 0 spiro atoms. The number of halogens is 1. The molecule has 1 nitrogen and oxygen atoms in total. The van der Waals surface area contributed by atoms with Crippen molar-refractivity contribution in [1.29, 1.82) is 0 Å². The molecule has 0 fully saturated rings. The normalized spacial score (nSPS) is 13.4. The molecule has 0 unspecified atom stereocenters. The van der Waals surface area contributed by atoms with Crippen LogP contribution in [0.5, 0.6) is 0 Å². The maximum Gasteiger partial charge on any atom is 0.0644 e. The molecule has 3 heterocycles. The van der Waals surface area contributed by atoms with E-state index < -0.39 is 0 Å². The molecular formula is C14H10BrNS. The van der Waals surface area contributed by atoms with Gasteiger partial charge >= 0.3 is 0 Å². The molecular weight excluding hydrogens is 294 g/mol. The van der Waals surface area contributed by atoms with Crippen LogP contribution in [0.4, 0.5) is 0 Å². The number of aryl methyl sites for hydroxylation is 2. The first-order valence-corrected chi connectivity index (χ1v) is 7.20. The van der Waals surface area contributed by atoms with Crippen molar-refractivity contribution >= 4 is 38.7 Å². The van der Waals surface area contributed by atoms with Crippen molar-refractivity contribution in [3.05, 3.63) is 39.9 Å². The van der Waals surface area contributed by atoms with Gasteiger partial charge in [-0.15, -0.1) is 0 Å². The van der Waals surface area contributed by atoms with Crippen LogP contribution < -0.4 is 0 Å². The molecule has 1 aliphatic heterocycles. The fourth-order valence-corrected chi connectivity index (χ4v) is 4.45. The first kappa shape index (κ1) is 10.0. The van der Waals surface area contributed by atoms with E-state index in [1.165, 1.54) is 42.1 Å². The van der Waals surface area contributed by atoms with Crippen LogP contribution in [-0.4, -0.2) is 4.57 Å². The molecule has 0 atom stereocenters. The van der Waals surface area contributed by atoms with Crippen molar-refractivity contribution in [3.63, 3.8) is 0 Å². The Labute approximate surface area is 112 Å². The van der Waals surface area contributed by atoms with E-state index in [-0.39, 0.29) is 0 Å². The Morgan fingerprint density at radius 2 is 2.00 bits per heavy atom.